The third-order valence-electron chi connectivity index (χ3n) is 2.12. The predicted molar refractivity (Wildman–Crippen MR) is 79.1 cm³/mol. The molecule has 2 rings (SSSR count). The van der Waals surface area contributed by atoms with E-state index >= 15 is 0 Å². The molecule has 5 nitrogen and oxygen atoms in total. The maximum atomic E-state index is 5.96. The Bertz CT molecular complexity index is 630. The Kier molecular flexibility index (Phi) is 4.42. The van der Waals surface area contributed by atoms with Crippen molar-refractivity contribution in [2.24, 2.45) is 5.10 Å². The van der Waals surface area contributed by atoms with Crippen LogP contribution >= 0.6 is 34.8 Å². The molecule has 8 heteroatoms. The van der Waals surface area contributed by atoms with Gasteiger partial charge in [-0.3, -0.25) is 5.43 Å². The number of rotatable bonds is 3. The van der Waals surface area contributed by atoms with Gasteiger partial charge in [-0.05, 0) is 12.1 Å². The van der Waals surface area contributed by atoms with Crippen molar-refractivity contribution < 1.29 is 0 Å². The molecule has 0 aliphatic rings. The van der Waals surface area contributed by atoms with Crippen LogP contribution in [0.4, 0.5) is 11.5 Å². The zero-order valence-electron chi connectivity index (χ0n) is 9.44. The summed E-state index contributed by atoms with van der Waals surface area (Å²) in [5, 5.41) is 4.63. The lowest BCUT2D eigenvalue weighted by molar-refractivity contribution is 1.19. The predicted octanol–water partition coefficient (Wildman–Crippen LogP) is 3.47. The van der Waals surface area contributed by atoms with E-state index < -0.39 is 0 Å². The summed E-state index contributed by atoms with van der Waals surface area (Å²) in [5.41, 5.74) is 9.37. The average molecular weight is 317 g/mol. The van der Waals surface area contributed by atoms with Gasteiger partial charge in [0.1, 0.15) is 5.69 Å². The van der Waals surface area contributed by atoms with Crippen molar-refractivity contribution in [2.45, 2.75) is 0 Å². The van der Waals surface area contributed by atoms with E-state index in [4.69, 9.17) is 40.5 Å². The molecule has 0 radical (unpaired) electrons. The second-order valence-corrected chi connectivity index (χ2v) is 4.55. The third kappa shape index (κ3) is 3.47. The first kappa shape index (κ1) is 13.9. The molecule has 0 unspecified atom stereocenters. The van der Waals surface area contributed by atoms with E-state index in [1.54, 1.807) is 12.1 Å². The first-order chi connectivity index (χ1) is 9.08. The molecule has 1 aromatic heterocycles. The van der Waals surface area contributed by atoms with E-state index in [1.165, 1.54) is 6.21 Å². The van der Waals surface area contributed by atoms with E-state index in [-0.39, 0.29) is 16.1 Å². The molecule has 0 saturated heterocycles. The monoisotopic (exact) mass is 315 g/mol. The Labute approximate surface area is 124 Å². The fourth-order valence-corrected chi connectivity index (χ4v) is 1.67. The van der Waals surface area contributed by atoms with Crippen LogP contribution in [0.5, 0.6) is 0 Å². The zero-order valence-corrected chi connectivity index (χ0v) is 11.7. The summed E-state index contributed by atoms with van der Waals surface area (Å²) in [4.78, 5) is 7.77. The number of aromatic nitrogens is 2. The number of nitrogens with two attached hydrogens (primary N) is 1. The molecule has 0 aliphatic carbocycles. The van der Waals surface area contributed by atoms with Crippen LogP contribution in [0.1, 0.15) is 5.69 Å². The highest BCUT2D eigenvalue weighted by atomic mass is 35.5. The summed E-state index contributed by atoms with van der Waals surface area (Å²) >= 11 is 17.4. The zero-order chi connectivity index (χ0) is 13.8. The number of hydrogen-bond donors (Lipinski definition) is 2. The minimum Gasteiger partial charge on any atom is -0.382 e. The summed E-state index contributed by atoms with van der Waals surface area (Å²) in [6.45, 7) is 0. The largest absolute Gasteiger partial charge is 0.382 e. The van der Waals surface area contributed by atoms with Gasteiger partial charge in [0.15, 0.2) is 16.1 Å². The van der Waals surface area contributed by atoms with Gasteiger partial charge in [0, 0.05) is 0 Å². The first-order valence-corrected chi connectivity index (χ1v) is 6.23. The Morgan fingerprint density at radius 3 is 2.53 bits per heavy atom. The van der Waals surface area contributed by atoms with Gasteiger partial charge in [0.2, 0.25) is 0 Å². The number of halogens is 3. The summed E-state index contributed by atoms with van der Waals surface area (Å²) in [6.07, 6.45) is 1.38. The van der Waals surface area contributed by atoms with E-state index in [1.807, 2.05) is 12.1 Å². The van der Waals surface area contributed by atoms with Crippen LogP contribution in [0, 0.1) is 0 Å². The lowest BCUT2D eigenvalue weighted by atomic mass is 10.3. The van der Waals surface area contributed by atoms with Gasteiger partial charge in [-0.2, -0.15) is 5.10 Å². The fourth-order valence-electron chi connectivity index (χ4n) is 1.23. The minimum absolute atomic E-state index is 0.0513. The summed E-state index contributed by atoms with van der Waals surface area (Å²) in [5.74, 6) is 0.138. The van der Waals surface area contributed by atoms with Gasteiger partial charge in [-0.1, -0.05) is 46.9 Å². The highest BCUT2D eigenvalue weighted by Crippen LogP contribution is 2.21. The molecule has 2 aromatic rings. The van der Waals surface area contributed by atoms with Crippen molar-refractivity contribution in [1.82, 2.24) is 9.97 Å². The summed E-state index contributed by atoms with van der Waals surface area (Å²) in [6, 6.07) is 7.17. The second kappa shape index (κ2) is 6.06. The molecular weight excluding hydrogens is 309 g/mol. The summed E-state index contributed by atoms with van der Waals surface area (Å²) in [7, 11) is 0. The lowest BCUT2D eigenvalue weighted by Crippen LogP contribution is -2.02. The number of benzene rings is 1. The molecule has 0 spiro atoms. The van der Waals surface area contributed by atoms with E-state index in [9.17, 15) is 0 Å². The molecule has 3 N–H and O–H groups in total. The minimum atomic E-state index is 0.0513. The highest BCUT2D eigenvalue weighted by molar-refractivity contribution is 6.40. The molecule has 0 fully saturated rings. The van der Waals surface area contributed by atoms with Crippen molar-refractivity contribution in [1.29, 1.82) is 0 Å². The molecule has 0 saturated carbocycles. The Morgan fingerprint density at radius 1 is 1.11 bits per heavy atom. The SMILES string of the molecule is Nc1nc(Cl)c(Cl)nc1C=NNc1ccccc1Cl. The van der Waals surface area contributed by atoms with Gasteiger partial charge >= 0.3 is 0 Å². The maximum Gasteiger partial charge on any atom is 0.168 e. The molecule has 1 aromatic carbocycles. The van der Waals surface area contributed by atoms with Gasteiger partial charge in [0.05, 0.1) is 16.9 Å². The van der Waals surface area contributed by atoms with Gasteiger partial charge in [-0.25, -0.2) is 9.97 Å². The highest BCUT2D eigenvalue weighted by Gasteiger charge is 2.06. The molecule has 19 heavy (non-hydrogen) atoms. The smallest absolute Gasteiger partial charge is 0.168 e. The number of hydrogen-bond acceptors (Lipinski definition) is 5. The Balaban J connectivity index is 2.16. The molecule has 0 amide bonds. The van der Waals surface area contributed by atoms with Gasteiger partial charge in [0.25, 0.3) is 0 Å². The van der Waals surface area contributed by atoms with Crippen LogP contribution in [-0.4, -0.2) is 16.2 Å². The number of nitrogens with one attached hydrogen (secondary N) is 1. The number of nitrogens with zero attached hydrogens (tertiary/aromatic N) is 3. The molecule has 98 valence electrons. The molecule has 0 atom stereocenters. The topological polar surface area (TPSA) is 76.2 Å². The van der Waals surface area contributed by atoms with Gasteiger partial charge in [-0.15, -0.1) is 0 Å². The van der Waals surface area contributed by atoms with Crippen LogP contribution in [-0.2, 0) is 0 Å². The van der Waals surface area contributed by atoms with Crippen molar-refractivity contribution in [2.75, 3.05) is 11.2 Å². The molecule has 0 aliphatic heterocycles. The van der Waals surface area contributed by atoms with Crippen molar-refractivity contribution in [3.05, 3.63) is 45.3 Å². The average Bonchev–Trinajstić information content (AvgIpc) is 2.38. The van der Waals surface area contributed by atoms with Crippen LogP contribution in [0.3, 0.4) is 0 Å². The number of hydrazone groups is 1. The lowest BCUT2D eigenvalue weighted by Gasteiger charge is -2.03. The van der Waals surface area contributed by atoms with Crippen LogP contribution < -0.4 is 11.2 Å². The van der Waals surface area contributed by atoms with Gasteiger partial charge < -0.3 is 5.73 Å². The Hall–Kier alpha value is -1.56. The van der Waals surface area contributed by atoms with E-state index in [0.717, 1.165) is 0 Å². The quantitative estimate of drug-likeness (QED) is 0.671. The third-order valence-corrected chi connectivity index (χ3v) is 3.07. The normalized spacial score (nSPS) is 10.9. The van der Waals surface area contributed by atoms with Crippen molar-refractivity contribution >= 4 is 52.5 Å². The van der Waals surface area contributed by atoms with Crippen molar-refractivity contribution in [3.63, 3.8) is 0 Å². The van der Waals surface area contributed by atoms with Crippen LogP contribution in [0.25, 0.3) is 0 Å². The maximum absolute atomic E-state index is 5.96. The molecule has 1 heterocycles. The van der Waals surface area contributed by atoms with Crippen molar-refractivity contribution in [3.8, 4) is 0 Å². The fraction of sp³-hybridized carbons (Fsp3) is 0. The number of nitrogen functional groups attached to an aromatic ring is 1. The number of para-hydroxylation sites is 1. The Morgan fingerprint density at radius 2 is 1.79 bits per heavy atom. The summed E-state index contributed by atoms with van der Waals surface area (Å²) < 4.78 is 0. The first-order valence-electron chi connectivity index (χ1n) is 5.10. The van der Waals surface area contributed by atoms with E-state index in [2.05, 4.69) is 20.5 Å². The standard InChI is InChI=1S/C11H8Cl3N5/c12-6-3-1-2-4-7(6)19-16-5-8-11(15)18-10(14)9(13)17-8/h1-5,19H,(H2,15,18). The van der Waals surface area contributed by atoms with Crippen LogP contribution in [0.15, 0.2) is 29.4 Å². The molecular formula is C11H8Cl3N5. The molecule has 0 bridgehead atoms. The second-order valence-electron chi connectivity index (χ2n) is 3.43. The number of anilines is 2. The van der Waals surface area contributed by atoms with E-state index in [0.29, 0.717) is 16.4 Å². The van der Waals surface area contributed by atoms with Crippen LogP contribution in [0.2, 0.25) is 15.3 Å².